The van der Waals surface area contributed by atoms with Crippen LogP contribution >= 0.6 is 23.3 Å². The average molecular weight is 349 g/mol. The molecule has 3 aromatic rings. The lowest BCUT2D eigenvalue weighted by atomic mass is 10.2. The van der Waals surface area contributed by atoms with Gasteiger partial charge in [-0.25, -0.2) is 4.68 Å². The molecule has 7 nitrogen and oxygen atoms in total. The number of benzene rings is 1. The molecule has 0 radical (unpaired) electrons. The van der Waals surface area contributed by atoms with Gasteiger partial charge in [-0.05, 0) is 32.0 Å². The normalized spacial score (nSPS) is 10.7. The number of nitrogens with zero attached hydrogens (tertiary/aromatic N) is 5. The van der Waals surface area contributed by atoms with Crippen molar-refractivity contribution in [1.29, 1.82) is 0 Å². The Morgan fingerprint density at radius 1 is 1.35 bits per heavy atom. The molecule has 0 aliphatic rings. The SMILES string of the molecule is Cc1nsnc1Cn1nnc(C(=O)Nc2cccc(Cl)c2)c1C. The van der Waals surface area contributed by atoms with Gasteiger partial charge in [0.05, 0.1) is 35.4 Å². The van der Waals surface area contributed by atoms with Crippen LogP contribution in [0.5, 0.6) is 0 Å². The van der Waals surface area contributed by atoms with Crippen molar-refractivity contribution >= 4 is 34.9 Å². The van der Waals surface area contributed by atoms with Gasteiger partial charge in [-0.15, -0.1) is 5.10 Å². The Morgan fingerprint density at radius 3 is 2.87 bits per heavy atom. The van der Waals surface area contributed by atoms with Crippen molar-refractivity contribution in [2.75, 3.05) is 5.32 Å². The number of aryl methyl sites for hydroxylation is 1. The fraction of sp³-hybridized carbons (Fsp3) is 0.214. The summed E-state index contributed by atoms with van der Waals surface area (Å²) in [6.45, 7) is 4.12. The molecule has 0 saturated carbocycles. The molecule has 1 aromatic carbocycles. The number of amides is 1. The van der Waals surface area contributed by atoms with Crippen molar-refractivity contribution in [3.8, 4) is 0 Å². The van der Waals surface area contributed by atoms with Crippen LogP contribution in [-0.2, 0) is 6.54 Å². The van der Waals surface area contributed by atoms with Crippen LogP contribution in [-0.4, -0.2) is 29.6 Å². The molecule has 0 atom stereocenters. The first-order valence-corrected chi connectivity index (χ1v) is 7.90. The Bertz CT molecular complexity index is 859. The van der Waals surface area contributed by atoms with Crippen molar-refractivity contribution < 1.29 is 4.79 Å². The molecular weight excluding hydrogens is 336 g/mol. The van der Waals surface area contributed by atoms with Crippen molar-refractivity contribution in [3.63, 3.8) is 0 Å². The first-order valence-electron chi connectivity index (χ1n) is 6.79. The van der Waals surface area contributed by atoms with E-state index in [9.17, 15) is 4.79 Å². The molecule has 0 aliphatic heterocycles. The Kier molecular flexibility index (Phi) is 4.35. The van der Waals surface area contributed by atoms with Crippen molar-refractivity contribution in [2.45, 2.75) is 20.4 Å². The monoisotopic (exact) mass is 348 g/mol. The van der Waals surface area contributed by atoms with Crippen LogP contribution in [0.3, 0.4) is 0 Å². The molecule has 9 heteroatoms. The van der Waals surface area contributed by atoms with Crippen LogP contribution in [0.25, 0.3) is 0 Å². The quantitative estimate of drug-likeness (QED) is 0.783. The number of hydrogen-bond acceptors (Lipinski definition) is 6. The smallest absolute Gasteiger partial charge is 0.278 e. The van der Waals surface area contributed by atoms with Crippen LogP contribution < -0.4 is 5.32 Å². The standard InChI is InChI=1S/C14H13ClN6OS/c1-8-12(19-23-18-8)7-21-9(2)13(17-20-21)14(22)16-11-5-3-4-10(15)6-11/h3-6H,7H2,1-2H3,(H,16,22). The third kappa shape index (κ3) is 3.38. The summed E-state index contributed by atoms with van der Waals surface area (Å²) >= 11 is 7.06. The third-order valence-electron chi connectivity index (χ3n) is 3.33. The van der Waals surface area contributed by atoms with Gasteiger partial charge in [0.1, 0.15) is 0 Å². The highest BCUT2D eigenvalue weighted by molar-refractivity contribution is 6.99. The van der Waals surface area contributed by atoms with Crippen LogP contribution in [0.1, 0.15) is 27.6 Å². The van der Waals surface area contributed by atoms with Gasteiger partial charge in [-0.2, -0.15) is 8.75 Å². The summed E-state index contributed by atoms with van der Waals surface area (Å²) in [4.78, 5) is 12.3. The predicted molar refractivity (Wildman–Crippen MR) is 87.9 cm³/mol. The predicted octanol–water partition coefficient (Wildman–Crippen LogP) is 2.70. The minimum Gasteiger partial charge on any atom is -0.320 e. The largest absolute Gasteiger partial charge is 0.320 e. The summed E-state index contributed by atoms with van der Waals surface area (Å²) < 4.78 is 9.97. The van der Waals surface area contributed by atoms with Gasteiger partial charge >= 0.3 is 0 Å². The molecule has 0 bridgehead atoms. The number of halogens is 1. The minimum absolute atomic E-state index is 0.269. The van der Waals surface area contributed by atoms with E-state index in [1.54, 1.807) is 35.9 Å². The Morgan fingerprint density at radius 2 is 2.17 bits per heavy atom. The molecule has 23 heavy (non-hydrogen) atoms. The van der Waals surface area contributed by atoms with E-state index in [0.29, 0.717) is 22.9 Å². The average Bonchev–Trinajstić information content (AvgIpc) is 3.07. The molecule has 0 unspecified atom stereocenters. The molecule has 2 heterocycles. The maximum atomic E-state index is 12.3. The van der Waals surface area contributed by atoms with Crippen LogP contribution in [0.4, 0.5) is 5.69 Å². The Labute approximate surface area is 141 Å². The van der Waals surface area contributed by atoms with E-state index in [4.69, 9.17) is 11.6 Å². The van der Waals surface area contributed by atoms with Gasteiger partial charge < -0.3 is 5.32 Å². The Hall–Kier alpha value is -2.32. The van der Waals surface area contributed by atoms with Gasteiger partial charge in [0.25, 0.3) is 5.91 Å². The van der Waals surface area contributed by atoms with E-state index in [1.807, 2.05) is 6.92 Å². The zero-order valence-electron chi connectivity index (χ0n) is 12.4. The molecule has 1 amide bonds. The topological polar surface area (TPSA) is 85.6 Å². The summed E-state index contributed by atoms with van der Waals surface area (Å²) in [6, 6.07) is 6.93. The third-order valence-corrected chi connectivity index (χ3v) is 4.22. The number of aromatic nitrogens is 5. The van der Waals surface area contributed by atoms with Crippen LogP contribution in [0, 0.1) is 13.8 Å². The minimum atomic E-state index is -0.329. The van der Waals surface area contributed by atoms with Crippen molar-refractivity contribution in [3.05, 3.63) is 52.1 Å². The van der Waals surface area contributed by atoms with E-state index >= 15 is 0 Å². The highest BCUT2D eigenvalue weighted by Gasteiger charge is 2.18. The van der Waals surface area contributed by atoms with Gasteiger partial charge in [-0.1, -0.05) is 22.9 Å². The van der Waals surface area contributed by atoms with Crippen LogP contribution in [0.2, 0.25) is 5.02 Å². The number of rotatable bonds is 4. The molecule has 3 rings (SSSR count). The number of carbonyl (C=O) groups is 1. The van der Waals surface area contributed by atoms with Crippen LogP contribution in [0.15, 0.2) is 24.3 Å². The summed E-state index contributed by atoms with van der Waals surface area (Å²) in [6.07, 6.45) is 0. The highest BCUT2D eigenvalue weighted by atomic mass is 35.5. The van der Waals surface area contributed by atoms with Gasteiger partial charge in [0.2, 0.25) is 0 Å². The lowest BCUT2D eigenvalue weighted by Gasteiger charge is -2.05. The first-order chi connectivity index (χ1) is 11.0. The summed E-state index contributed by atoms with van der Waals surface area (Å²) in [7, 11) is 0. The molecule has 2 aromatic heterocycles. The lowest BCUT2D eigenvalue weighted by molar-refractivity contribution is 0.102. The second-order valence-electron chi connectivity index (χ2n) is 4.94. The van der Waals surface area contributed by atoms with Gasteiger partial charge in [0, 0.05) is 10.7 Å². The maximum absolute atomic E-state index is 12.3. The second-order valence-corrected chi connectivity index (χ2v) is 5.91. The lowest BCUT2D eigenvalue weighted by Crippen LogP contribution is -2.14. The second kappa shape index (κ2) is 6.43. The fourth-order valence-electron chi connectivity index (χ4n) is 2.01. The number of carbonyl (C=O) groups excluding carboxylic acids is 1. The molecule has 118 valence electrons. The summed E-state index contributed by atoms with van der Waals surface area (Å²) in [5, 5.41) is 11.3. The van der Waals surface area contributed by atoms with E-state index in [-0.39, 0.29) is 11.6 Å². The van der Waals surface area contributed by atoms with E-state index in [1.165, 1.54) is 0 Å². The summed E-state index contributed by atoms with van der Waals surface area (Å²) in [5.74, 6) is -0.329. The highest BCUT2D eigenvalue weighted by Crippen LogP contribution is 2.16. The number of nitrogens with one attached hydrogen (secondary N) is 1. The summed E-state index contributed by atoms with van der Waals surface area (Å²) in [5.41, 5.74) is 3.22. The van der Waals surface area contributed by atoms with Crippen molar-refractivity contribution in [2.24, 2.45) is 0 Å². The maximum Gasteiger partial charge on any atom is 0.278 e. The van der Waals surface area contributed by atoms with E-state index < -0.39 is 0 Å². The van der Waals surface area contributed by atoms with E-state index in [2.05, 4.69) is 24.4 Å². The molecule has 0 saturated heterocycles. The zero-order chi connectivity index (χ0) is 16.4. The molecule has 1 N–H and O–H groups in total. The molecular formula is C14H13ClN6OS. The number of hydrogen-bond donors (Lipinski definition) is 1. The Balaban J connectivity index is 1.78. The first kappa shape index (κ1) is 15.6. The van der Waals surface area contributed by atoms with Crippen molar-refractivity contribution in [1.82, 2.24) is 23.7 Å². The van der Waals surface area contributed by atoms with Gasteiger partial charge in [-0.3, -0.25) is 4.79 Å². The fourth-order valence-corrected chi connectivity index (χ4v) is 2.76. The molecule has 0 fully saturated rings. The zero-order valence-corrected chi connectivity index (χ0v) is 14.0. The van der Waals surface area contributed by atoms with E-state index in [0.717, 1.165) is 23.1 Å². The molecule has 0 spiro atoms. The molecule has 0 aliphatic carbocycles. The number of anilines is 1. The van der Waals surface area contributed by atoms with Gasteiger partial charge in [0.15, 0.2) is 5.69 Å².